The van der Waals surface area contributed by atoms with Crippen LogP contribution in [0.25, 0.3) is 0 Å². The molecule has 0 bridgehead atoms. The molecule has 1 aliphatic rings. The van der Waals surface area contributed by atoms with Crippen molar-refractivity contribution in [3.05, 3.63) is 28.8 Å². The summed E-state index contributed by atoms with van der Waals surface area (Å²) >= 11 is 7.79. The number of benzene rings is 1. The van der Waals surface area contributed by atoms with Crippen LogP contribution in [0.15, 0.2) is 18.2 Å². The van der Waals surface area contributed by atoms with Gasteiger partial charge >= 0.3 is 0 Å². The average Bonchev–Trinajstić information content (AvgIpc) is 2.39. The number of likely N-dealkylation sites (N-methyl/N-ethyl adjacent to an activating group) is 1. The van der Waals surface area contributed by atoms with Gasteiger partial charge in [-0.3, -0.25) is 9.69 Å². The number of Topliss-reactive ketones (excluding diaryl/α,β-unsaturated/α-hetero) is 1. The van der Waals surface area contributed by atoms with E-state index in [0.717, 1.165) is 18.1 Å². The molecule has 3 nitrogen and oxygen atoms in total. The Hall–Kier alpha value is -0.710. The predicted molar refractivity (Wildman–Crippen MR) is 76.1 cm³/mol. The highest BCUT2D eigenvalue weighted by Gasteiger charge is 2.27. The van der Waals surface area contributed by atoms with E-state index in [4.69, 9.17) is 16.3 Å². The third-order valence-corrected chi connectivity index (χ3v) is 4.47. The van der Waals surface area contributed by atoms with Crippen LogP contribution in [0.4, 0.5) is 0 Å². The normalized spacial score (nSPS) is 20.7. The molecule has 0 amide bonds. The van der Waals surface area contributed by atoms with Crippen LogP contribution in [0.1, 0.15) is 10.4 Å². The van der Waals surface area contributed by atoms with E-state index < -0.39 is 0 Å². The maximum atomic E-state index is 12.4. The Morgan fingerprint density at radius 2 is 2.33 bits per heavy atom. The zero-order chi connectivity index (χ0) is 13.1. The van der Waals surface area contributed by atoms with Crippen molar-refractivity contribution in [3.63, 3.8) is 0 Å². The minimum absolute atomic E-state index is 0.0466. The van der Waals surface area contributed by atoms with Crippen LogP contribution in [-0.2, 0) is 0 Å². The van der Waals surface area contributed by atoms with Gasteiger partial charge < -0.3 is 4.74 Å². The monoisotopic (exact) mass is 285 g/mol. The first-order valence-electron chi connectivity index (χ1n) is 5.79. The van der Waals surface area contributed by atoms with Gasteiger partial charge in [-0.25, -0.2) is 0 Å². The van der Waals surface area contributed by atoms with Gasteiger partial charge in [-0.2, -0.15) is 11.8 Å². The zero-order valence-electron chi connectivity index (χ0n) is 10.5. The lowest BCUT2D eigenvalue weighted by Gasteiger charge is -2.30. The molecular weight excluding hydrogens is 270 g/mol. The van der Waals surface area contributed by atoms with Crippen LogP contribution in [-0.4, -0.2) is 48.9 Å². The van der Waals surface area contributed by atoms with E-state index in [-0.39, 0.29) is 11.8 Å². The Morgan fingerprint density at radius 1 is 1.56 bits per heavy atom. The Bertz CT molecular complexity index is 453. The van der Waals surface area contributed by atoms with E-state index >= 15 is 0 Å². The van der Waals surface area contributed by atoms with E-state index in [1.54, 1.807) is 25.3 Å². The number of ketones is 1. The van der Waals surface area contributed by atoms with Crippen LogP contribution >= 0.6 is 23.4 Å². The molecule has 98 valence electrons. The molecule has 0 aliphatic carbocycles. The van der Waals surface area contributed by atoms with Crippen molar-refractivity contribution in [1.29, 1.82) is 0 Å². The van der Waals surface area contributed by atoms with Gasteiger partial charge in [-0.1, -0.05) is 11.6 Å². The number of ether oxygens (including phenoxy) is 1. The molecule has 18 heavy (non-hydrogen) atoms. The molecule has 1 aliphatic heterocycles. The number of carbonyl (C=O) groups excluding carboxylic acids is 1. The third kappa shape index (κ3) is 2.82. The molecule has 5 heteroatoms. The van der Waals surface area contributed by atoms with Gasteiger partial charge in [0, 0.05) is 23.6 Å². The molecule has 2 rings (SSSR count). The molecule has 1 atom stereocenters. The Kier molecular flexibility index (Phi) is 4.54. The number of methoxy groups -OCH3 is 1. The second-order valence-corrected chi connectivity index (χ2v) is 5.84. The second kappa shape index (κ2) is 5.95. The molecule has 0 radical (unpaired) electrons. The number of nitrogens with zero attached hydrogens (tertiary/aromatic N) is 1. The Balaban J connectivity index is 2.22. The average molecular weight is 286 g/mol. The molecule has 0 N–H and O–H groups in total. The summed E-state index contributed by atoms with van der Waals surface area (Å²) in [6.45, 7) is 0.950. The minimum Gasteiger partial charge on any atom is -0.495 e. The highest BCUT2D eigenvalue weighted by molar-refractivity contribution is 7.99. The lowest BCUT2D eigenvalue weighted by Crippen LogP contribution is -2.44. The minimum atomic E-state index is -0.0466. The maximum absolute atomic E-state index is 12.4. The molecule has 1 aromatic rings. The van der Waals surface area contributed by atoms with Gasteiger partial charge in [0.25, 0.3) is 0 Å². The number of carbonyl (C=O) groups is 1. The summed E-state index contributed by atoms with van der Waals surface area (Å²) in [4.78, 5) is 14.5. The number of rotatable bonds is 3. The first-order chi connectivity index (χ1) is 8.63. The second-order valence-electron chi connectivity index (χ2n) is 4.28. The van der Waals surface area contributed by atoms with Gasteiger partial charge in [0.2, 0.25) is 0 Å². The fraction of sp³-hybridized carbons (Fsp3) is 0.462. The lowest BCUT2D eigenvalue weighted by molar-refractivity contribution is 0.0874. The third-order valence-electron chi connectivity index (χ3n) is 3.13. The van der Waals surface area contributed by atoms with Crippen molar-refractivity contribution in [2.24, 2.45) is 0 Å². The molecule has 1 unspecified atom stereocenters. The van der Waals surface area contributed by atoms with E-state index in [1.807, 2.05) is 18.8 Å². The first-order valence-corrected chi connectivity index (χ1v) is 7.32. The van der Waals surface area contributed by atoms with Crippen molar-refractivity contribution in [2.75, 3.05) is 32.2 Å². The summed E-state index contributed by atoms with van der Waals surface area (Å²) in [6.07, 6.45) is 0. The fourth-order valence-corrected chi connectivity index (χ4v) is 3.38. The molecule has 0 spiro atoms. The molecular formula is C13H16ClNO2S. The van der Waals surface area contributed by atoms with Gasteiger partial charge in [-0.05, 0) is 25.2 Å². The molecule has 1 aromatic carbocycles. The van der Waals surface area contributed by atoms with Crippen molar-refractivity contribution >= 4 is 29.1 Å². The number of hydrogen-bond acceptors (Lipinski definition) is 4. The van der Waals surface area contributed by atoms with Crippen molar-refractivity contribution in [2.45, 2.75) is 6.04 Å². The number of hydrogen-bond donors (Lipinski definition) is 0. The summed E-state index contributed by atoms with van der Waals surface area (Å²) in [5, 5.41) is 0.528. The van der Waals surface area contributed by atoms with Crippen molar-refractivity contribution in [3.8, 4) is 5.75 Å². The molecule has 1 heterocycles. The number of halogens is 1. The molecule has 0 aromatic heterocycles. The van der Waals surface area contributed by atoms with Crippen molar-refractivity contribution < 1.29 is 9.53 Å². The van der Waals surface area contributed by atoms with Crippen LogP contribution in [0.5, 0.6) is 5.75 Å². The highest BCUT2D eigenvalue weighted by Crippen LogP contribution is 2.27. The predicted octanol–water partition coefficient (Wildman–Crippen LogP) is 2.58. The van der Waals surface area contributed by atoms with E-state index in [1.165, 1.54) is 0 Å². The maximum Gasteiger partial charge on any atom is 0.180 e. The molecule has 1 fully saturated rings. The summed E-state index contributed by atoms with van der Waals surface area (Å²) in [5.41, 5.74) is 0.663. The van der Waals surface area contributed by atoms with Gasteiger partial charge in [0.1, 0.15) is 5.75 Å². The highest BCUT2D eigenvalue weighted by atomic mass is 35.5. The Labute approximate surface area is 116 Å². The zero-order valence-corrected chi connectivity index (χ0v) is 12.1. The van der Waals surface area contributed by atoms with E-state index in [9.17, 15) is 4.79 Å². The van der Waals surface area contributed by atoms with Gasteiger partial charge in [0.15, 0.2) is 5.78 Å². The van der Waals surface area contributed by atoms with Crippen LogP contribution in [0.3, 0.4) is 0 Å². The molecule has 0 saturated carbocycles. The fourth-order valence-electron chi connectivity index (χ4n) is 1.97. The topological polar surface area (TPSA) is 29.5 Å². The van der Waals surface area contributed by atoms with E-state index in [2.05, 4.69) is 4.90 Å². The largest absolute Gasteiger partial charge is 0.495 e. The summed E-state index contributed by atoms with van der Waals surface area (Å²) in [5.74, 6) is 2.62. The number of thioether (sulfide) groups is 1. The summed E-state index contributed by atoms with van der Waals surface area (Å²) in [6, 6.07) is 5.15. The van der Waals surface area contributed by atoms with Crippen molar-refractivity contribution in [1.82, 2.24) is 4.90 Å². The Morgan fingerprint density at radius 3 is 3.00 bits per heavy atom. The van der Waals surface area contributed by atoms with Crippen LogP contribution < -0.4 is 4.74 Å². The summed E-state index contributed by atoms with van der Waals surface area (Å²) < 4.78 is 5.15. The van der Waals surface area contributed by atoms with Gasteiger partial charge in [0.05, 0.1) is 18.2 Å². The van der Waals surface area contributed by atoms with Crippen LogP contribution in [0, 0.1) is 0 Å². The lowest BCUT2D eigenvalue weighted by atomic mass is 10.0. The van der Waals surface area contributed by atoms with Crippen LogP contribution in [0.2, 0.25) is 5.02 Å². The first kappa shape index (κ1) is 13.7. The van der Waals surface area contributed by atoms with E-state index in [0.29, 0.717) is 16.3 Å². The standard InChI is InChI=1S/C13H16ClNO2S/c1-15-5-6-18-8-11(15)13(16)9-3-4-10(14)12(7-9)17-2/h3-4,7,11H,5-6,8H2,1-2H3. The SMILES string of the molecule is COc1cc(C(=O)C2CSCCN2C)ccc1Cl. The smallest absolute Gasteiger partial charge is 0.180 e. The van der Waals surface area contributed by atoms with Gasteiger partial charge in [-0.15, -0.1) is 0 Å². The quantitative estimate of drug-likeness (QED) is 0.799. The molecule has 1 saturated heterocycles. The summed E-state index contributed by atoms with van der Waals surface area (Å²) in [7, 11) is 3.55.